The Kier molecular flexibility index (Phi) is 8.14. The van der Waals surface area contributed by atoms with Crippen molar-refractivity contribution in [3.05, 3.63) is 126 Å². The molecule has 0 aliphatic heterocycles. The number of esters is 1. The van der Waals surface area contributed by atoms with Gasteiger partial charge in [-0.2, -0.15) is 0 Å². The van der Waals surface area contributed by atoms with Crippen molar-refractivity contribution in [3.8, 4) is 11.4 Å². The lowest BCUT2D eigenvalue weighted by atomic mass is 10.0. The Labute approximate surface area is 223 Å². The number of aromatic nitrogens is 2. The highest BCUT2D eigenvalue weighted by Crippen LogP contribution is 2.29. The fraction of sp³-hybridized carbons (Fsp3) is 0.212. The summed E-state index contributed by atoms with van der Waals surface area (Å²) in [7, 11) is 0. The molecular formula is C33H32N2O3. The number of ether oxygens (including phenoxy) is 2. The zero-order valence-electron chi connectivity index (χ0n) is 21.7. The second-order valence-corrected chi connectivity index (χ2v) is 9.31. The lowest BCUT2D eigenvalue weighted by Crippen LogP contribution is -2.05. The zero-order chi connectivity index (χ0) is 26.2. The van der Waals surface area contributed by atoms with Gasteiger partial charge in [-0.25, -0.2) is 0 Å². The van der Waals surface area contributed by atoms with Gasteiger partial charge >= 0.3 is 5.97 Å². The van der Waals surface area contributed by atoms with Crippen LogP contribution in [-0.4, -0.2) is 22.1 Å². The molecule has 0 bridgehead atoms. The molecule has 0 amide bonds. The van der Waals surface area contributed by atoms with E-state index in [2.05, 4.69) is 76.4 Å². The number of benzene rings is 3. The molecule has 192 valence electrons. The molecule has 0 unspecified atom stereocenters. The normalized spacial score (nSPS) is 11.0. The van der Waals surface area contributed by atoms with Crippen molar-refractivity contribution in [1.82, 2.24) is 9.55 Å². The lowest BCUT2D eigenvalue weighted by Gasteiger charge is -2.09. The standard InChI is InChI=1S/C33H32N2O3/c1-2-37-33(36)19-12-26-11-18-32-31(21-26)28(13-10-25-7-4-3-5-8-25)23-35(32)29-14-16-30(17-15-29)38-24-27-9-6-20-34-22-27/h3-9,11,14-18,20-23H,2,10,12-13,19,24H2,1H3. The van der Waals surface area contributed by atoms with Crippen molar-refractivity contribution in [2.75, 3.05) is 6.61 Å². The van der Waals surface area contributed by atoms with E-state index in [9.17, 15) is 4.79 Å². The number of aryl methyl sites for hydroxylation is 3. The third-order valence-electron chi connectivity index (χ3n) is 6.64. The molecule has 0 saturated heterocycles. The molecule has 5 nitrogen and oxygen atoms in total. The van der Waals surface area contributed by atoms with Crippen molar-refractivity contribution in [1.29, 1.82) is 0 Å². The first-order chi connectivity index (χ1) is 18.7. The number of rotatable bonds is 11. The number of pyridine rings is 1. The van der Waals surface area contributed by atoms with Crippen molar-refractivity contribution >= 4 is 16.9 Å². The molecular weight excluding hydrogens is 472 g/mol. The molecule has 0 fully saturated rings. The van der Waals surface area contributed by atoms with Crippen LogP contribution < -0.4 is 4.74 Å². The number of hydrogen-bond donors (Lipinski definition) is 0. The van der Waals surface area contributed by atoms with Gasteiger partial charge in [0.25, 0.3) is 0 Å². The van der Waals surface area contributed by atoms with Gasteiger partial charge in [0.15, 0.2) is 0 Å². The maximum Gasteiger partial charge on any atom is 0.306 e. The van der Waals surface area contributed by atoms with Gasteiger partial charge in [0, 0.05) is 41.6 Å². The highest BCUT2D eigenvalue weighted by Gasteiger charge is 2.12. The summed E-state index contributed by atoms with van der Waals surface area (Å²) in [6.45, 7) is 2.74. The van der Waals surface area contributed by atoms with Crippen molar-refractivity contribution in [3.63, 3.8) is 0 Å². The van der Waals surface area contributed by atoms with Crippen LogP contribution in [0.3, 0.4) is 0 Å². The van der Waals surface area contributed by atoms with Gasteiger partial charge in [-0.1, -0.05) is 42.5 Å². The molecule has 38 heavy (non-hydrogen) atoms. The smallest absolute Gasteiger partial charge is 0.306 e. The summed E-state index contributed by atoms with van der Waals surface area (Å²) in [5, 5.41) is 1.22. The topological polar surface area (TPSA) is 53.4 Å². The summed E-state index contributed by atoms with van der Waals surface area (Å²) in [6.07, 6.45) is 8.78. The van der Waals surface area contributed by atoms with E-state index < -0.39 is 0 Å². The van der Waals surface area contributed by atoms with E-state index in [0.717, 1.165) is 40.9 Å². The minimum atomic E-state index is -0.152. The molecule has 5 heteroatoms. The Bertz CT molecular complexity index is 1480. The molecule has 5 rings (SSSR count). The Balaban J connectivity index is 1.39. The molecule has 0 aliphatic rings. The molecule has 0 atom stereocenters. The third-order valence-corrected chi connectivity index (χ3v) is 6.64. The van der Waals surface area contributed by atoms with Crippen molar-refractivity contribution in [2.24, 2.45) is 0 Å². The Morgan fingerprint density at radius 2 is 1.66 bits per heavy atom. The quantitative estimate of drug-likeness (QED) is 0.184. The van der Waals surface area contributed by atoms with Gasteiger partial charge in [0.05, 0.1) is 12.1 Å². The number of fused-ring (bicyclic) bond motifs is 1. The van der Waals surface area contributed by atoms with Crippen LogP contribution in [0.1, 0.15) is 35.6 Å². The molecule has 2 aromatic heterocycles. The number of carbonyl (C=O) groups excluding carboxylic acids is 1. The van der Waals surface area contributed by atoms with Crippen LogP contribution in [-0.2, 0) is 35.4 Å². The van der Waals surface area contributed by atoms with Crippen LogP contribution in [0, 0.1) is 0 Å². The van der Waals surface area contributed by atoms with Gasteiger partial charge in [-0.3, -0.25) is 9.78 Å². The van der Waals surface area contributed by atoms with E-state index in [4.69, 9.17) is 9.47 Å². The van der Waals surface area contributed by atoms with Gasteiger partial charge in [-0.05, 0) is 85.3 Å². The molecule has 5 aromatic rings. The molecule has 0 spiro atoms. The van der Waals surface area contributed by atoms with Crippen molar-refractivity contribution in [2.45, 2.75) is 39.2 Å². The van der Waals surface area contributed by atoms with E-state index in [-0.39, 0.29) is 5.97 Å². The van der Waals surface area contributed by atoms with Gasteiger partial charge in [0.2, 0.25) is 0 Å². The largest absolute Gasteiger partial charge is 0.489 e. The summed E-state index contributed by atoms with van der Waals surface area (Å²) >= 11 is 0. The van der Waals surface area contributed by atoms with Crippen LogP contribution in [0.2, 0.25) is 0 Å². The van der Waals surface area contributed by atoms with E-state index in [0.29, 0.717) is 26.1 Å². The summed E-state index contributed by atoms with van der Waals surface area (Å²) in [5.74, 6) is 0.667. The van der Waals surface area contributed by atoms with E-state index >= 15 is 0 Å². The summed E-state index contributed by atoms with van der Waals surface area (Å²) in [4.78, 5) is 16.1. The average Bonchev–Trinajstić information content (AvgIpc) is 3.33. The van der Waals surface area contributed by atoms with Gasteiger partial charge < -0.3 is 14.0 Å². The zero-order valence-corrected chi connectivity index (χ0v) is 21.7. The highest BCUT2D eigenvalue weighted by molar-refractivity contribution is 5.86. The number of carbonyl (C=O) groups is 1. The SMILES string of the molecule is CCOC(=O)CCc1ccc2c(c1)c(CCc1ccccc1)cn2-c1ccc(OCc2cccnc2)cc1. The number of nitrogens with zero attached hydrogens (tertiary/aromatic N) is 2. The first kappa shape index (κ1) is 25.3. The maximum atomic E-state index is 11.9. The fourth-order valence-corrected chi connectivity index (χ4v) is 4.67. The summed E-state index contributed by atoms with van der Waals surface area (Å²) in [5.41, 5.74) is 7.02. The molecule has 0 saturated carbocycles. The Hall–Kier alpha value is -4.38. The lowest BCUT2D eigenvalue weighted by molar-refractivity contribution is -0.143. The predicted octanol–water partition coefficient (Wildman–Crippen LogP) is 6.89. The fourth-order valence-electron chi connectivity index (χ4n) is 4.67. The van der Waals surface area contributed by atoms with Gasteiger partial charge in [0.1, 0.15) is 12.4 Å². The summed E-state index contributed by atoms with van der Waals surface area (Å²) in [6, 6.07) is 29.2. The van der Waals surface area contributed by atoms with Crippen LogP contribution >= 0.6 is 0 Å². The van der Waals surface area contributed by atoms with Gasteiger partial charge in [-0.15, -0.1) is 0 Å². The molecule has 0 aliphatic carbocycles. The summed E-state index contributed by atoms with van der Waals surface area (Å²) < 4.78 is 13.3. The van der Waals surface area contributed by atoms with Crippen molar-refractivity contribution < 1.29 is 14.3 Å². The second kappa shape index (κ2) is 12.2. The molecule has 2 heterocycles. The first-order valence-corrected chi connectivity index (χ1v) is 13.1. The van der Waals surface area contributed by atoms with E-state index in [1.807, 2.05) is 37.4 Å². The minimum absolute atomic E-state index is 0.152. The Morgan fingerprint density at radius 3 is 2.42 bits per heavy atom. The minimum Gasteiger partial charge on any atom is -0.489 e. The highest BCUT2D eigenvalue weighted by atomic mass is 16.5. The molecule has 0 radical (unpaired) electrons. The predicted molar refractivity (Wildman–Crippen MR) is 151 cm³/mol. The number of hydrogen-bond acceptors (Lipinski definition) is 4. The third kappa shape index (κ3) is 6.30. The van der Waals surface area contributed by atoms with Crippen LogP contribution in [0.15, 0.2) is 104 Å². The van der Waals surface area contributed by atoms with Crippen LogP contribution in [0.25, 0.3) is 16.6 Å². The van der Waals surface area contributed by atoms with Crippen LogP contribution in [0.5, 0.6) is 5.75 Å². The monoisotopic (exact) mass is 504 g/mol. The van der Waals surface area contributed by atoms with E-state index in [1.54, 1.807) is 6.20 Å². The Morgan fingerprint density at radius 1 is 0.842 bits per heavy atom. The molecule has 0 N–H and O–H groups in total. The molecule has 3 aromatic carbocycles. The average molecular weight is 505 g/mol. The van der Waals surface area contributed by atoms with E-state index in [1.165, 1.54) is 16.5 Å². The maximum absolute atomic E-state index is 11.9. The first-order valence-electron chi connectivity index (χ1n) is 13.1. The second-order valence-electron chi connectivity index (χ2n) is 9.31. The van der Waals surface area contributed by atoms with Crippen LogP contribution in [0.4, 0.5) is 0 Å².